The smallest absolute Gasteiger partial charge is 0.337 e. The van der Waals surface area contributed by atoms with Gasteiger partial charge in [0.15, 0.2) is 0 Å². The highest BCUT2D eigenvalue weighted by Gasteiger charge is 2.31. The Hall–Kier alpha value is -1.44. The van der Waals surface area contributed by atoms with E-state index in [1.54, 1.807) is 0 Å². The summed E-state index contributed by atoms with van der Waals surface area (Å²) in [6.45, 7) is -0.296. The van der Waals surface area contributed by atoms with E-state index >= 15 is 0 Å². The maximum atomic E-state index is 13.2. The van der Waals surface area contributed by atoms with E-state index < -0.39 is 33.3 Å². The van der Waals surface area contributed by atoms with Crippen LogP contribution in [-0.4, -0.2) is 36.9 Å². The number of hydrogen-bond acceptors (Lipinski definition) is 3. The summed E-state index contributed by atoms with van der Waals surface area (Å²) >= 11 is 5.73. The molecule has 0 amide bonds. The second-order valence-electron chi connectivity index (χ2n) is 4.22. The summed E-state index contributed by atoms with van der Waals surface area (Å²) in [4.78, 5) is 10.7. The van der Waals surface area contributed by atoms with Crippen LogP contribution in [0.5, 0.6) is 0 Å². The number of benzene rings is 1. The third-order valence-electron chi connectivity index (χ3n) is 2.86. The van der Waals surface area contributed by atoms with Crippen molar-refractivity contribution in [1.29, 1.82) is 0 Å². The maximum absolute atomic E-state index is 13.2. The fourth-order valence-corrected chi connectivity index (χ4v) is 3.77. The van der Waals surface area contributed by atoms with Crippen molar-refractivity contribution in [1.82, 2.24) is 4.31 Å². The molecule has 0 aromatic heterocycles. The number of sulfonamides is 1. The van der Waals surface area contributed by atoms with Crippen LogP contribution in [0.2, 0.25) is 5.02 Å². The highest BCUT2D eigenvalue weighted by molar-refractivity contribution is 7.89. The fraction of sp³-hybridized carbons (Fsp3) is 0.250. The van der Waals surface area contributed by atoms with E-state index in [0.717, 1.165) is 16.4 Å². The van der Waals surface area contributed by atoms with Crippen LogP contribution in [-0.2, 0) is 10.0 Å². The van der Waals surface area contributed by atoms with Gasteiger partial charge in [0, 0.05) is 11.6 Å². The molecule has 8 heteroatoms. The lowest BCUT2D eigenvalue weighted by Crippen LogP contribution is -2.36. The molecule has 0 spiro atoms. The first-order chi connectivity index (χ1) is 9.32. The van der Waals surface area contributed by atoms with E-state index in [-0.39, 0.29) is 23.6 Å². The average Bonchev–Trinajstić information content (AvgIpc) is 2.38. The summed E-state index contributed by atoms with van der Waals surface area (Å²) in [7, 11) is -4.11. The van der Waals surface area contributed by atoms with Gasteiger partial charge in [-0.2, -0.15) is 4.31 Å². The maximum Gasteiger partial charge on any atom is 0.337 e. The first-order valence-electron chi connectivity index (χ1n) is 5.70. The van der Waals surface area contributed by atoms with Crippen molar-refractivity contribution in [3.05, 3.63) is 40.7 Å². The molecule has 1 aliphatic heterocycles. The van der Waals surface area contributed by atoms with Crippen molar-refractivity contribution < 1.29 is 22.7 Å². The van der Waals surface area contributed by atoms with Gasteiger partial charge in [-0.25, -0.2) is 17.6 Å². The van der Waals surface area contributed by atoms with Gasteiger partial charge in [0.25, 0.3) is 0 Å². The Morgan fingerprint density at radius 2 is 2.10 bits per heavy atom. The number of carbonyl (C=O) groups is 1. The minimum atomic E-state index is -4.11. The Kier molecular flexibility index (Phi) is 4.12. The Labute approximate surface area is 120 Å². The van der Waals surface area contributed by atoms with Crippen LogP contribution in [0, 0.1) is 0 Å². The first kappa shape index (κ1) is 15.0. The minimum Gasteiger partial charge on any atom is -0.478 e. The number of hydrogen-bond donors (Lipinski definition) is 1. The normalized spacial score (nSPS) is 16.8. The van der Waals surface area contributed by atoms with Gasteiger partial charge in [-0.15, -0.1) is 0 Å². The SMILES string of the molecule is O=C(O)c1ccc(Cl)cc1S(=O)(=O)N1CCC=C(F)C1. The van der Waals surface area contributed by atoms with E-state index in [4.69, 9.17) is 16.7 Å². The molecule has 0 unspecified atom stereocenters. The number of carboxylic acids is 1. The Bertz CT molecular complexity index is 687. The van der Waals surface area contributed by atoms with Crippen LogP contribution in [0.25, 0.3) is 0 Å². The molecule has 0 radical (unpaired) electrons. The molecule has 0 atom stereocenters. The molecule has 20 heavy (non-hydrogen) atoms. The molecule has 2 rings (SSSR count). The summed E-state index contributed by atoms with van der Waals surface area (Å²) in [5.41, 5.74) is -0.385. The van der Waals surface area contributed by atoms with E-state index in [1.165, 1.54) is 12.1 Å². The third-order valence-corrected chi connectivity index (χ3v) is 4.98. The van der Waals surface area contributed by atoms with Crippen molar-refractivity contribution in [3.8, 4) is 0 Å². The standard InChI is InChI=1S/C12H11ClFNO4S/c13-8-3-4-10(12(16)17)11(6-8)20(18,19)15-5-1-2-9(14)7-15/h2-4,6H,1,5,7H2,(H,16,17). The molecule has 0 saturated heterocycles. The minimum absolute atomic E-state index is 0.0985. The van der Waals surface area contributed by atoms with E-state index in [2.05, 4.69) is 0 Å². The van der Waals surface area contributed by atoms with Crippen LogP contribution in [0.3, 0.4) is 0 Å². The van der Waals surface area contributed by atoms with Gasteiger partial charge >= 0.3 is 5.97 Å². The average molecular weight is 320 g/mol. The second kappa shape index (κ2) is 5.51. The number of carboxylic acid groups (broad SMARTS) is 1. The molecule has 0 aliphatic carbocycles. The van der Waals surface area contributed by atoms with Crippen molar-refractivity contribution in [2.75, 3.05) is 13.1 Å². The van der Waals surface area contributed by atoms with Gasteiger partial charge < -0.3 is 5.11 Å². The summed E-state index contributed by atoms with van der Waals surface area (Å²) in [5.74, 6) is -1.94. The third kappa shape index (κ3) is 2.84. The van der Waals surface area contributed by atoms with Gasteiger partial charge in [-0.1, -0.05) is 17.7 Å². The van der Waals surface area contributed by atoms with Gasteiger partial charge in [0.2, 0.25) is 10.0 Å². The van der Waals surface area contributed by atoms with Crippen LogP contribution in [0.1, 0.15) is 16.8 Å². The van der Waals surface area contributed by atoms with E-state index in [0.29, 0.717) is 0 Å². The molecule has 0 fully saturated rings. The van der Waals surface area contributed by atoms with Gasteiger partial charge in [-0.05, 0) is 24.6 Å². The molecular weight excluding hydrogens is 309 g/mol. The van der Waals surface area contributed by atoms with Gasteiger partial charge in [0.05, 0.1) is 17.0 Å². The zero-order valence-corrected chi connectivity index (χ0v) is 11.8. The van der Waals surface area contributed by atoms with Gasteiger partial charge in [0.1, 0.15) is 5.83 Å². The zero-order valence-electron chi connectivity index (χ0n) is 10.2. The quantitative estimate of drug-likeness (QED) is 0.927. The Morgan fingerprint density at radius 1 is 1.40 bits per heavy atom. The molecule has 1 aliphatic rings. The monoisotopic (exact) mass is 319 g/mol. The highest BCUT2D eigenvalue weighted by atomic mass is 35.5. The van der Waals surface area contributed by atoms with E-state index in [9.17, 15) is 17.6 Å². The lowest BCUT2D eigenvalue weighted by atomic mass is 10.2. The van der Waals surface area contributed by atoms with Crippen molar-refractivity contribution in [2.24, 2.45) is 0 Å². The molecule has 1 N–H and O–H groups in total. The molecule has 1 aromatic rings. The predicted octanol–water partition coefficient (Wildman–Crippen LogP) is 2.29. The van der Waals surface area contributed by atoms with E-state index in [1.807, 2.05) is 0 Å². The molecule has 0 bridgehead atoms. The Balaban J connectivity index is 2.52. The fourth-order valence-electron chi connectivity index (χ4n) is 1.91. The Morgan fingerprint density at radius 3 is 2.70 bits per heavy atom. The number of nitrogens with zero attached hydrogens (tertiary/aromatic N) is 1. The number of rotatable bonds is 3. The van der Waals surface area contributed by atoms with Crippen LogP contribution < -0.4 is 0 Å². The lowest BCUT2D eigenvalue weighted by molar-refractivity contribution is 0.0692. The van der Waals surface area contributed by atoms with Crippen molar-refractivity contribution >= 4 is 27.6 Å². The van der Waals surface area contributed by atoms with Gasteiger partial charge in [-0.3, -0.25) is 0 Å². The summed E-state index contributed by atoms with van der Waals surface area (Å²) in [6, 6.07) is 3.48. The predicted molar refractivity (Wildman–Crippen MR) is 71.0 cm³/mol. The van der Waals surface area contributed by atoms with Crippen molar-refractivity contribution in [2.45, 2.75) is 11.3 Å². The second-order valence-corrected chi connectivity index (χ2v) is 6.57. The van der Waals surface area contributed by atoms with Crippen LogP contribution >= 0.6 is 11.6 Å². The summed E-state index contributed by atoms with van der Waals surface area (Å²) in [5, 5.41) is 9.16. The highest BCUT2D eigenvalue weighted by Crippen LogP contribution is 2.26. The largest absolute Gasteiger partial charge is 0.478 e. The molecule has 1 aromatic carbocycles. The molecule has 0 saturated carbocycles. The molecule has 1 heterocycles. The zero-order chi connectivity index (χ0) is 14.9. The lowest BCUT2D eigenvalue weighted by Gasteiger charge is -2.24. The molecule has 5 nitrogen and oxygen atoms in total. The van der Waals surface area contributed by atoms with Crippen molar-refractivity contribution in [3.63, 3.8) is 0 Å². The van der Waals surface area contributed by atoms with Crippen LogP contribution in [0.4, 0.5) is 4.39 Å². The molecular formula is C12H11ClFNO4S. The summed E-state index contributed by atoms with van der Waals surface area (Å²) < 4.78 is 39.0. The molecule has 108 valence electrons. The first-order valence-corrected chi connectivity index (χ1v) is 7.51. The summed E-state index contributed by atoms with van der Waals surface area (Å²) in [6.07, 6.45) is 1.55. The number of halogens is 2. The van der Waals surface area contributed by atoms with Crippen LogP contribution in [0.15, 0.2) is 35.0 Å². The topological polar surface area (TPSA) is 74.7 Å². The number of aromatic carboxylic acids is 1.